The molecule has 1 unspecified atom stereocenters. The first-order chi connectivity index (χ1) is 8.57. The van der Waals surface area contributed by atoms with Crippen LogP contribution in [0.5, 0.6) is 0 Å². The lowest BCUT2D eigenvalue weighted by Gasteiger charge is -2.59. The van der Waals surface area contributed by atoms with Gasteiger partial charge in [-0.1, -0.05) is 13.8 Å². The molecule has 18 heavy (non-hydrogen) atoms. The van der Waals surface area contributed by atoms with Gasteiger partial charge in [0.05, 0.1) is 0 Å². The van der Waals surface area contributed by atoms with Crippen LogP contribution in [0.15, 0.2) is 0 Å². The Bertz CT molecular complexity index is 259. The molecule has 0 aromatic rings. The second kappa shape index (κ2) is 4.81. The maximum absolute atomic E-state index is 3.87. The fourth-order valence-corrected chi connectivity index (χ4v) is 5.51. The van der Waals surface area contributed by atoms with Crippen molar-refractivity contribution in [2.75, 3.05) is 6.54 Å². The molecule has 4 saturated carbocycles. The third-order valence-corrected chi connectivity index (χ3v) is 6.18. The summed E-state index contributed by atoms with van der Waals surface area (Å²) < 4.78 is 0. The molecule has 4 rings (SSSR count). The largest absolute Gasteiger partial charge is 0.314 e. The quantitative estimate of drug-likeness (QED) is 0.769. The van der Waals surface area contributed by atoms with Crippen molar-refractivity contribution in [3.8, 4) is 0 Å². The van der Waals surface area contributed by atoms with Crippen LogP contribution in [0.3, 0.4) is 0 Å². The van der Waals surface area contributed by atoms with Gasteiger partial charge in [-0.05, 0) is 87.5 Å². The molecule has 0 heterocycles. The van der Waals surface area contributed by atoms with Crippen molar-refractivity contribution >= 4 is 0 Å². The van der Waals surface area contributed by atoms with Gasteiger partial charge in [0.25, 0.3) is 0 Å². The van der Waals surface area contributed by atoms with E-state index < -0.39 is 0 Å². The van der Waals surface area contributed by atoms with Crippen molar-refractivity contribution in [3.05, 3.63) is 0 Å². The average molecular weight is 249 g/mol. The maximum Gasteiger partial charge on any atom is 0.00954 e. The predicted octanol–water partition coefficient (Wildman–Crippen LogP) is 4.23. The van der Waals surface area contributed by atoms with Gasteiger partial charge < -0.3 is 5.32 Å². The SMILES string of the molecule is CC(C)CCNC(C)C12CC3CC(CC(C3)C1)C2. The molecule has 0 saturated heterocycles. The summed E-state index contributed by atoms with van der Waals surface area (Å²) in [6.07, 6.45) is 10.6. The zero-order chi connectivity index (χ0) is 12.8. The standard InChI is InChI=1S/C17H31N/c1-12(2)4-5-18-13(3)17-9-14-6-15(10-17)8-16(7-14)11-17/h12-16,18H,4-11H2,1-3H3. The van der Waals surface area contributed by atoms with E-state index >= 15 is 0 Å². The van der Waals surface area contributed by atoms with Crippen LogP contribution in [-0.4, -0.2) is 12.6 Å². The molecular formula is C17H31N. The average Bonchev–Trinajstić information content (AvgIpc) is 2.26. The van der Waals surface area contributed by atoms with Gasteiger partial charge in [-0.15, -0.1) is 0 Å². The van der Waals surface area contributed by atoms with Crippen LogP contribution in [0.4, 0.5) is 0 Å². The second-order valence-corrected chi connectivity index (χ2v) is 8.14. The fourth-order valence-electron chi connectivity index (χ4n) is 5.51. The van der Waals surface area contributed by atoms with E-state index in [0.717, 1.165) is 29.7 Å². The van der Waals surface area contributed by atoms with Crippen molar-refractivity contribution in [2.24, 2.45) is 29.1 Å². The van der Waals surface area contributed by atoms with Gasteiger partial charge in [0.1, 0.15) is 0 Å². The van der Waals surface area contributed by atoms with E-state index in [0.29, 0.717) is 5.41 Å². The second-order valence-electron chi connectivity index (χ2n) is 8.14. The Labute approximate surface area is 113 Å². The Hall–Kier alpha value is -0.0400. The molecule has 4 aliphatic rings. The summed E-state index contributed by atoms with van der Waals surface area (Å²) in [6, 6.07) is 0.754. The molecule has 0 amide bonds. The summed E-state index contributed by atoms with van der Waals surface area (Å²) in [5.41, 5.74) is 0.686. The molecule has 1 atom stereocenters. The molecule has 4 fully saturated rings. The number of rotatable bonds is 5. The van der Waals surface area contributed by atoms with Gasteiger partial charge >= 0.3 is 0 Å². The molecule has 104 valence electrons. The molecule has 0 spiro atoms. The molecule has 4 aliphatic carbocycles. The van der Waals surface area contributed by atoms with Gasteiger partial charge in [0, 0.05) is 6.04 Å². The van der Waals surface area contributed by atoms with Gasteiger partial charge in [-0.25, -0.2) is 0 Å². The molecule has 0 radical (unpaired) electrons. The van der Waals surface area contributed by atoms with E-state index in [9.17, 15) is 0 Å². The summed E-state index contributed by atoms with van der Waals surface area (Å²) in [4.78, 5) is 0. The van der Waals surface area contributed by atoms with Gasteiger partial charge in [0.15, 0.2) is 0 Å². The van der Waals surface area contributed by atoms with Gasteiger partial charge in [-0.3, -0.25) is 0 Å². The summed E-state index contributed by atoms with van der Waals surface area (Å²) in [6.45, 7) is 8.36. The van der Waals surface area contributed by atoms with Crippen molar-refractivity contribution in [2.45, 2.75) is 71.8 Å². The van der Waals surface area contributed by atoms with Crippen LogP contribution in [0.2, 0.25) is 0 Å². The molecular weight excluding hydrogens is 218 g/mol. The number of nitrogens with one attached hydrogen (secondary N) is 1. The van der Waals surface area contributed by atoms with Crippen LogP contribution in [0, 0.1) is 29.1 Å². The molecule has 1 heteroatoms. The molecule has 0 aromatic heterocycles. The van der Waals surface area contributed by atoms with E-state index in [4.69, 9.17) is 0 Å². The van der Waals surface area contributed by atoms with Crippen LogP contribution in [-0.2, 0) is 0 Å². The van der Waals surface area contributed by atoms with Gasteiger partial charge in [-0.2, -0.15) is 0 Å². The predicted molar refractivity (Wildman–Crippen MR) is 77.5 cm³/mol. The van der Waals surface area contributed by atoms with E-state index in [1.54, 1.807) is 19.3 Å². The Morgan fingerprint density at radius 2 is 1.44 bits per heavy atom. The van der Waals surface area contributed by atoms with E-state index in [1.807, 2.05) is 0 Å². The van der Waals surface area contributed by atoms with Crippen LogP contribution < -0.4 is 5.32 Å². The van der Waals surface area contributed by atoms with E-state index in [-0.39, 0.29) is 0 Å². The third kappa shape index (κ3) is 2.35. The molecule has 1 N–H and O–H groups in total. The maximum atomic E-state index is 3.87. The Kier molecular flexibility index (Phi) is 3.47. The Morgan fingerprint density at radius 1 is 0.944 bits per heavy atom. The Balaban J connectivity index is 1.60. The molecule has 4 bridgehead atoms. The Morgan fingerprint density at radius 3 is 1.89 bits per heavy atom. The zero-order valence-electron chi connectivity index (χ0n) is 12.5. The summed E-state index contributed by atoms with van der Waals surface area (Å²) in [5, 5.41) is 3.87. The minimum atomic E-state index is 0.686. The smallest absolute Gasteiger partial charge is 0.00954 e. The molecule has 0 aliphatic heterocycles. The minimum absolute atomic E-state index is 0.686. The summed E-state index contributed by atoms with van der Waals surface area (Å²) in [5.74, 6) is 4.10. The highest BCUT2D eigenvalue weighted by molar-refractivity contribution is 5.05. The van der Waals surface area contributed by atoms with Crippen molar-refractivity contribution in [3.63, 3.8) is 0 Å². The van der Waals surface area contributed by atoms with E-state index in [2.05, 4.69) is 26.1 Å². The number of hydrogen-bond donors (Lipinski definition) is 1. The lowest BCUT2D eigenvalue weighted by molar-refractivity contribution is -0.0704. The number of hydrogen-bond acceptors (Lipinski definition) is 1. The van der Waals surface area contributed by atoms with E-state index in [1.165, 1.54) is 32.2 Å². The molecule has 1 nitrogen and oxygen atoms in total. The zero-order valence-corrected chi connectivity index (χ0v) is 12.5. The normalized spacial score (nSPS) is 43.7. The minimum Gasteiger partial charge on any atom is -0.314 e. The van der Waals surface area contributed by atoms with Crippen molar-refractivity contribution < 1.29 is 0 Å². The lowest BCUT2D eigenvalue weighted by Crippen LogP contribution is -2.55. The molecule has 0 aromatic carbocycles. The lowest BCUT2D eigenvalue weighted by atomic mass is 9.48. The van der Waals surface area contributed by atoms with Crippen LogP contribution in [0.25, 0.3) is 0 Å². The monoisotopic (exact) mass is 249 g/mol. The summed E-state index contributed by atoms with van der Waals surface area (Å²) in [7, 11) is 0. The summed E-state index contributed by atoms with van der Waals surface area (Å²) >= 11 is 0. The van der Waals surface area contributed by atoms with Crippen molar-refractivity contribution in [1.82, 2.24) is 5.32 Å². The topological polar surface area (TPSA) is 12.0 Å². The first-order valence-corrected chi connectivity index (χ1v) is 8.31. The highest BCUT2D eigenvalue weighted by Crippen LogP contribution is 2.61. The first-order valence-electron chi connectivity index (χ1n) is 8.31. The first kappa shape index (κ1) is 13.0. The van der Waals surface area contributed by atoms with Crippen LogP contribution >= 0.6 is 0 Å². The fraction of sp³-hybridized carbons (Fsp3) is 1.00. The third-order valence-electron chi connectivity index (χ3n) is 6.18. The van der Waals surface area contributed by atoms with Gasteiger partial charge in [0.2, 0.25) is 0 Å². The van der Waals surface area contributed by atoms with Crippen molar-refractivity contribution in [1.29, 1.82) is 0 Å². The highest BCUT2D eigenvalue weighted by Gasteiger charge is 2.52. The van der Waals surface area contributed by atoms with Crippen LogP contribution in [0.1, 0.15) is 65.7 Å². The highest BCUT2D eigenvalue weighted by atomic mass is 14.9.